The summed E-state index contributed by atoms with van der Waals surface area (Å²) in [5.41, 5.74) is 3.10. The molecule has 0 amide bonds. The molecular formula is C16H21N3O. The number of rotatable bonds is 5. The molecule has 0 saturated carbocycles. The van der Waals surface area contributed by atoms with Gasteiger partial charge in [0, 0.05) is 29.1 Å². The molecule has 20 heavy (non-hydrogen) atoms. The van der Waals surface area contributed by atoms with E-state index in [0.717, 1.165) is 28.4 Å². The summed E-state index contributed by atoms with van der Waals surface area (Å²) in [5, 5.41) is 3.21. The third-order valence-electron chi connectivity index (χ3n) is 3.32. The fraction of sp³-hybridized carbons (Fsp3) is 0.375. The number of hydrogen-bond acceptors (Lipinski definition) is 4. The van der Waals surface area contributed by atoms with E-state index in [0.29, 0.717) is 6.61 Å². The summed E-state index contributed by atoms with van der Waals surface area (Å²) in [6, 6.07) is 8.12. The van der Waals surface area contributed by atoms with Crippen LogP contribution in [0, 0.1) is 6.92 Å². The van der Waals surface area contributed by atoms with Crippen LogP contribution in [0.2, 0.25) is 0 Å². The van der Waals surface area contributed by atoms with Gasteiger partial charge in [-0.1, -0.05) is 12.1 Å². The van der Waals surface area contributed by atoms with E-state index >= 15 is 0 Å². The van der Waals surface area contributed by atoms with Gasteiger partial charge in [-0.15, -0.1) is 0 Å². The Morgan fingerprint density at radius 2 is 2.15 bits per heavy atom. The maximum Gasteiger partial charge on any atom is 0.159 e. The van der Waals surface area contributed by atoms with Gasteiger partial charge in [0.15, 0.2) is 5.82 Å². The molecule has 4 nitrogen and oxygen atoms in total. The SMILES string of the molecule is CCOc1cccc(-c2ncc(C(C)NC)c(C)n2)c1. The van der Waals surface area contributed by atoms with E-state index in [-0.39, 0.29) is 6.04 Å². The minimum atomic E-state index is 0.249. The highest BCUT2D eigenvalue weighted by Crippen LogP contribution is 2.23. The van der Waals surface area contributed by atoms with Crippen molar-refractivity contribution in [2.45, 2.75) is 26.8 Å². The van der Waals surface area contributed by atoms with Gasteiger partial charge in [0.05, 0.1) is 6.61 Å². The van der Waals surface area contributed by atoms with E-state index in [2.05, 4.69) is 22.2 Å². The molecule has 1 aromatic heterocycles. The summed E-state index contributed by atoms with van der Waals surface area (Å²) in [5.74, 6) is 1.58. The number of nitrogens with zero attached hydrogens (tertiary/aromatic N) is 2. The predicted octanol–water partition coefficient (Wildman–Crippen LogP) is 3.13. The number of ether oxygens (including phenoxy) is 1. The highest BCUT2D eigenvalue weighted by Gasteiger charge is 2.10. The summed E-state index contributed by atoms with van der Waals surface area (Å²) >= 11 is 0. The Kier molecular flexibility index (Phi) is 4.69. The monoisotopic (exact) mass is 271 g/mol. The zero-order chi connectivity index (χ0) is 14.5. The average Bonchev–Trinajstić information content (AvgIpc) is 2.47. The van der Waals surface area contributed by atoms with Crippen molar-refractivity contribution in [2.24, 2.45) is 0 Å². The van der Waals surface area contributed by atoms with Crippen LogP contribution in [0.4, 0.5) is 0 Å². The van der Waals surface area contributed by atoms with Gasteiger partial charge in [-0.3, -0.25) is 0 Å². The van der Waals surface area contributed by atoms with Gasteiger partial charge in [0.1, 0.15) is 5.75 Å². The van der Waals surface area contributed by atoms with E-state index in [1.54, 1.807) is 0 Å². The largest absolute Gasteiger partial charge is 0.494 e. The molecule has 0 spiro atoms. The predicted molar refractivity (Wildman–Crippen MR) is 80.8 cm³/mol. The summed E-state index contributed by atoms with van der Waals surface area (Å²) in [4.78, 5) is 9.08. The minimum absolute atomic E-state index is 0.249. The maximum atomic E-state index is 5.51. The molecule has 0 radical (unpaired) electrons. The molecule has 1 unspecified atom stereocenters. The number of aryl methyl sites for hydroxylation is 1. The molecule has 0 aliphatic heterocycles. The summed E-state index contributed by atoms with van der Waals surface area (Å²) in [6.07, 6.45) is 1.90. The van der Waals surface area contributed by atoms with Gasteiger partial charge in [-0.25, -0.2) is 9.97 Å². The van der Waals surface area contributed by atoms with Crippen molar-refractivity contribution >= 4 is 0 Å². The number of benzene rings is 1. The highest BCUT2D eigenvalue weighted by molar-refractivity contribution is 5.57. The molecule has 1 heterocycles. The second-order valence-corrected chi connectivity index (χ2v) is 4.71. The van der Waals surface area contributed by atoms with Crippen molar-refractivity contribution in [3.63, 3.8) is 0 Å². The fourth-order valence-electron chi connectivity index (χ4n) is 2.09. The Balaban J connectivity index is 2.34. The lowest BCUT2D eigenvalue weighted by Crippen LogP contribution is -2.14. The Bertz CT molecular complexity index is 584. The highest BCUT2D eigenvalue weighted by atomic mass is 16.5. The molecule has 0 aliphatic carbocycles. The zero-order valence-electron chi connectivity index (χ0n) is 12.5. The van der Waals surface area contributed by atoms with Crippen LogP contribution in [0.5, 0.6) is 5.75 Å². The zero-order valence-corrected chi connectivity index (χ0v) is 12.5. The van der Waals surface area contributed by atoms with Crippen LogP contribution < -0.4 is 10.1 Å². The minimum Gasteiger partial charge on any atom is -0.494 e. The standard InChI is InChI=1S/C16H21N3O/c1-5-20-14-8-6-7-13(9-14)16-18-10-15(11(2)17-4)12(3)19-16/h6-11,17H,5H2,1-4H3. The molecule has 106 valence electrons. The van der Waals surface area contributed by atoms with Crippen LogP contribution in [0.3, 0.4) is 0 Å². The van der Waals surface area contributed by atoms with Crippen molar-refractivity contribution in [3.05, 3.63) is 41.7 Å². The van der Waals surface area contributed by atoms with Gasteiger partial charge in [-0.05, 0) is 40.0 Å². The van der Waals surface area contributed by atoms with Gasteiger partial charge in [0.25, 0.3) is 0 Å². The molecule has 1 atom stereocenters. The second kappa shape index (κ2) is 6.48. The summed E-state index contributed by atoms with van der Waals surface area (Å²) < 4.78 is 5.51. The summed E-state index contributed by atoms with van der Waals surface area (Å²) in [6.45, 7) is 6.74. The Labute approximate surface area is 120 Å². The van der Waals surface area contributed by atoms with Crippen LogP contribution in [0.1, 0.15) is 31.1 Å². The molecule has 0 aliphatic rings. The number of nitrogens with one attached hydrogen (secondary N) is 1. The summed E-state index contributed by atoms with van der Waals surface area (Å²) in [7, 11) is 1.93. The lowest BCUT2D eigenvalue weighted by atomic mass is 10.1. The van der Waals surface area contributed by atoms with E-state index < -0.39 is 0 Å². The topological polar surface area (TPSA) is 47.0 Å². The Morgan fingerprint density at radius 3 is 2.80 bits per heavy atom. The van der Waals surface area contributed by atoms with Gasteiger partial charge < -0.3 is 10.1 Å². The Hall–Kier alpha value is -1.94. The van der Waals surface area contributed by atoms with Crippen molar-refractivity contribution in [3.8, 4) is 17.1 Å². The van der Waals surface area contributed by atoms with Crippen LogP contribution in [0.25, 0.3) is 11.4 Å². The molecule has 2 rings (SSSR count). The van der Waals surface area contributed by atoms with Crippen molar-refractivity contribution in [2.75, 3.05) is 13.7 Å². The van der Waals surface area contributed by atoms with Crippen molar-refractivity contribution in [1.82, 2.24) is 15.3 Å². The molecule has 0 fully saturated rings. The van der Waals surface area contributed by atoms with Crippen LogP contribution in [-0.4, -0.2) is 23.6 Å². The first kappa shape index (κ1) is 14.5. The molecule has 2 aromatic rings. The first-order valence-corrected chi connectivity index (χ1v) is 6.89. The number of aromatic nitrogens is 2. The van der Waals surface area contributed by atoms with Crippen LogP contribution in [-0.2, 0) is 0 Å². The van der Waals surface area contributed by atoms with Crippen molar-refractivity contribution < 1.29 is 4.74 Å². The third kappa shape index (κ3) is 3.14. The van der Waals surface area contributed by atoms with Gasteiger partial charge in [0.2, 0.25) is 0 Å². The van der Waals surface area contributed by atoms with Crippen LogP contribution >= 0.6 is 0 Å². The Morgan fingerprint density at radius 1 is 1.35 bits per heavy atom. The van der Waals surface area contributed by atoms with Crippen molar-refractivity contribution in [1.29, 1.82) is 0 Å². The molecule has 0 bridgehead atoms. The molecule has 4 heteroatoms. The fourth-order valence-corrected chi connectivity index (χ4v) is 2.09. The molecule has 1 N–H and O–H groups in total. The lowest BCUT2D eigenvalue weighted by molar-refractivity contribution is 0.340. The molecular weight excluding hydrogens is 250 g/mol. The average molecular weight is 271 g/mol. The second-order valence-electron chi connectivity index (χ2n) is 4.71. The van der Waals surface area contributed by atoms with Crippen LogP contribution in [0.15, 0.2) is 30.5 Å². The quantitative estimate of drug-likeness (QED) is 0.907. The van der Waals surface area contributed by atoms with E-state index in [4.69, 9.17) is 4.74 Å². The maximum absolute atomic E-state index is 5.51. The van der Waals surface area contributed by atoms with E-state index in [1.807, 2.05) is 51.4 Å². The molecule has 0 saturated heterocycles. The van der Waals surface area contributed by atoms with Gasteiger partial charge in [-0.2, -0.15) is 0 Å². The third-order valence-corrected chi connectivity index (χ3v) is 3.32. The van der Waals surface area contributed by atoms with E-state index in [9.17, 15) is 0 Å². The first-order valence-electron chi connectivity index (χ1n) is 6.89. The lowest BCUT2D eigenvalue weighted by Gasteiger charge is -2.13. The van der Waals surface area contributed by atoms with Gasteiger partial charge >= 0.3 is 0 Å². The normalized spacial score (nSPS) is 12.2. The first-order chi connectivity index (χ1) is 9.65. The smallest absolute Gasteiger partial charge is 0.159 e. The van der Waals surface area contributed by atoms with E-state index in [1.165, 1.54) is 0 Å². The number of hydrogen-bond donors (Lipinski definition) is 1. The molecule has 1 aromatic carbocycles.